The van der Waals surface area contributed by atoms with Crippen molar-refractivity contribution in [3.05, 3.63) is 56.9 Å². The fourth-order valence-electron chi connectivity index (χ4n) is 5.36. The molecule has 2 amide bonds. The van der Waals surface area contributed by atoms with Crippen LogP contribution < -0.4 is 10.2 Å². The lowest BCUT2D eigenvalue weighted by atomic mass is 10.0. The summed E-state index contributed by atoms with van der Waals surface area (Å²) in [6.07, 6.45) is 7.43. The van der Waals surface area contributed by atoms with Crippen molar-refractivity contribution in [2.75, 3.05) is 65.3 Å². The smallest absolute Gasteiger partial charge is 0.270 e. The zero-order valence-electron chi connectivity index (χ0n) is 23.3. The van der Waals surface area contributed by atoms with Crippen molar-refractivity contribution < 1.29 is 14.5 Å². The van der Waals surface area contributed by atoms with Gasteiger partial charge in [0.1, 0.15) is 6.04 Å². The van der Waals surface area contributed by atoms with Crippen LogP contribution in [0.5, 0.6) is 0 Å². The maximum atomic E-state index is 14.1. The first-order valence-electron chi connectivity index (χ1n) is 13.6. The van der Waals surface area contributed by atoms with Crippen LogP contribution in [0.3, 0.4) is 0 Å². The van der Waals surface area contributed by atoms with Crippen LogP contribution in [0, 0.1) is 10.1 Å². The molecule has 0 bridgehead atoms. The topological polar surface area (TPSA) is 128 Å². The number of rotatable bonds is 10. The number of piperidine rings is 1. The van der Waals surface area contributed by atoms with Gasteiger partial charge in [0, 0.05) is 75.9 Å². The number of aromatic nitrogens is 2. The van der Waals surface area contributed by atoms with Gasteiger partial charge in [-0.1, -0.05) is 11.6 Å². The highest BCUT2D eigenvalue weighted by Crippen LogP contribution is 2.29. The predicted octanol–water partition coefficient (Wildman–Crippen LogP) is 2.59. The van der Waals surface area contributed by atoms with Crippen LogP contribution in [-0.2, 0) is 4.79 Å². The lowest BCUT2D eigenvalue weighted by Gasteiger charge is -2.38. The maximum absolute atomic E-state index is 14.1. The first-order chi connectivity index (χ1) is 19.2. The summed E-state index contributed by atoms with van der Waals surface area (Å²) in [6, 6.07) is 3.08. The molecule has 2 fully saturated rings. The third kappa shape index (κ3) is 6.86. The van der Waals surface area contributed by atoms with E-state index in [4.69, 9.17) is 11.6 Å². The second kappa shape index (κ2) is 13.3. The van der Waals surface area contributed by atoms with Crippen molar-refractivity contribution in [1.29, 1.82) is 0 Å². The van der Waals surface area contributed by atoms with Crippen LogP contribution in [0.25, 0.3) is 0 Å². The number of carbonyl (C=O) groups is 2. The van der Waals surface area contributed by atoms with Crippen molar-refractivity contribution in [3.63, 3.8) is 0 Å². The third-order valence-electron chi connectivity index (χ3n) is 7.69. The number of hydrogen-bond acceptors (Lipinski definition) is 9. The summed E-state index contributed by atoms with van der Waals surface area (Å²) in [5.74, 6) is -0.413. The number of benzene rings is 1. The number of likely N-dealkylation sites (N-methyl/N-ethyl adjacent to an activating group) is 2. The molecule has 4 rings (SSSR count). The molecule has 0 saturated carbocycles. The molecule has 40 heavy (non-hydrogen) atoms. The van der Waals surface area contributed by atoms with E-state index in [1.807, 2.05) is 0 Å². The van der Waals surface area contributed by atoms with Gasteiger partial charge < -0.3 is 24.9 Å². The van der Waals surface area contributed by atoms with E-state index in [0.717, 1.165) is 57.9 Å². The summed E-state index contributed by atoms with van der Waals surface area (Å²) < 4.78 is 0. The number of nitrogens with zero attached hydrogens (tertiary/aromatic N) is 7. The zero-order chi connectivity index (χ0) is 28.8. The molecular formula is C27H37ClN8O4. The van der Waals surface area contributed by atoms with E-state index < -0.39 is 22.8 Å². The molecule has 2 aliphatic rings. The maximum Gasteiger partial charge on any atom is 0.270 e. The Morgan fingerprint density at radius 3 is 2.50 bits per heavy atom. The first-order valence-corrected chi connectivity index (χ1v) is 14.0. The van der Waals surface area contributed by atoms with Gasteiger partial charge in [0.15, 0.2) is 0 Å². The van der Waals surface area contributed by atoms with Crippen LogP contribution in [-0.4, -0.2) is 108 Å². The average molecular weight is 573 g/mol. The van der Waals surface area contributed by atoms with Gasteiger partial charge in [-0.15, -0.1) is 0 Å². The number of likely N-dealkylation sites (tertiary alicyclic amines) is 1. The van der Waals surface area contributed by atoms with Gasteiger partial charge in [0.05, 0.1) is 15.5 Å². The number of non-ortho nitro benzene ring substituents is 1. The molecule has 0 spiro atoms. The molecule has 1 aromatic heterocycles. The van der Waals surface area contributed by atoms with Gasteiger partial charge in [-0.05, 0) is 52.4 Å². The van der Waals surface area contributed by atoms with E-state index in [1.54, 1.807) is 12.4 Å². The Labute approximate surface area is 239 Å². The minimum Gasteiger partial charge on any atom is -0.357 e. The number of nitro groups is 1. The van der Waals surface area contributed by atoms with Crippen LogP contribution in [0.2, 0.25) is 5.02 Å². The number of hydrogen-bond donors (Lipinski definition) is 1. The lowest BCUT2D eigenvalue weighted by Crippen LogP contribution is -2.50. The normalized spacial score (nSPS) is 18.5. The SMILES string of the molecule is CNC(=O)C(c1cnc(N2CCCC2)nc1)N(CCN1CCCC(N(C)C)C1)C(=O)c1cc([N+](=O)[O-])ccc1Cl. The summed E-state index contributed by atoms with van der Waals surface area (Å²) in [4.78, 5) is 55.3. The average Bonchev–Trinajstić information content (AvgIpc) is 3.50. The summed E-state index contributed by atoms with van der Waals surface area (Å²) >= 11 is 6.38. The molecule has 2 unspecified atom stereocenters. The van der Waals surface area contributed by atoms with E-state index in [9.17, 15) is 19.7 Å². The Hall–Kier alpha value is -3.35. The minimum atomic E-state index is -1.06. The van der Waals surface area contributed by atoms with E-state index in [-0.39, 0.29) is 22.8 Å². The molecule has 2 atom stereocenters. The molecule has 3 heterocycles. The van der Waals surface area contributed by atoms with Crippen molar-refractivity contribution in [1.82, 2.24) is 30.0 Å². The van der Waals surface area contributed by atoms with Gasteiger partial charge in [-0.25, -0.2) is 9.97 Å². The summed E-state index contributed by atoms with van der Waals surface area (Å²) in [5, 5.41) is 14.2. The van der Waals surface area contributed by atoms with Crippen molar-refractivity contribution in [2.45, 2.75) is 37.8 Å². The number of carbonyl (C=O) groups excluding carboxylic acids is 2. The van der Waals surface area contributed by atoms with Gasteiger partial charge in [-0.2, -0.15) is 0 Å². The first kappa shape index (κ1) is 29.6. The molecule has 0 radical (unpaired) electrons. The number of amides is 2. The van der Waals surface area contributed by atoms with Crippen LogP contribution >= 0.6 is 11.6 Å². The van der Waals surface area contributed by atoms with E-state index >= 15 is 0 Å². The highest BCUT2D eigenvalue weighted by molar-refractivity contribution is 6.34. The number of nitro benzene ring substituents is 1. The predicted molar refractivity (Wildman–Crippen MR) is 153 cm³/mol. The second-order valence-electron chi connectivity index (χ2n) is 10.5. The van der Waals surface area contributed by atoms with Gasteiger partial charge in [-0.3, -0.25) is 19.7 Å². The molecule has 2 saturated heterocycles. The van der Waals surface area contributed by atoms with Crippen LogP contribution in [0.15, 0.2) is 30.6 Å². The number of nitrogens with one attached hydrogen (secondary N) is 1. The molecule has 13 heteroatoms. The van der Waals surface area contributed by atoms with Crippen molar-refractivity contribution in [2.24, 2.45) is 0 Å². The third-order valence-corrected chi connectivity index (χ3v) is 8.02. The van der Waals surface area contributed by atoms with Gasteiger partial charge in [0.25, 0.3) is 11.6 Å². The fourth-order valence-corrected chi connectivity index (χ4v) is 5.56. The largest absolute Gasteiger partial charge is 0.357 e. The Balaban J connectivity index is 1.68. The molecule has 2 aliphatic heterocycles. The van der Waals surface area contributed by atoms with Crippen LogP contribution in [0.4, 0.5) is 11.6 Å². The highest BCUT2D eigenvalue weighted by Gasteiger charge is 2.34. The number of anilines is 1. The van der Waals surface area contributed by atoms with Gasteiger partial charge in [0.2, 0.25) is 11.9 Å². The number of halogens is 1. The van der Waals surface area contributed by atoms with Gasteiger partial charge >= 0.3 is 0 Å². The minimum absolute atomic E-state index is 0.0378. The quantitative estimate of drug-likeness (QED) is 0.337. The standard InChI is InChI=1S/C27H37ClN8O4/c1-29-25(37)24(19-16-30-27(31-17-19)34-11-4-5-12-34)35(14-13-33-10-6-7-21(18-33)32(2)3)26(38)22-15-20(36(39)40)8-9-23(22)28/h8-9,15-17,21,24H,4-7,10-14,18H2,1-3H3,(H,29,37). The summed E-state index contributed by atoms with van der Waals surface area (Å²) in [5.41, 5.74) is 0.151. The molecular weight excluding hydrogens is 536 g/mol. The zero-order valence-corrected chi connectivity index (χ0v) is 24.0. The molecule has 0 aliphatic carbocycles. The summed E-state index contributed by atoms with van der Waals surface area (Å²) in [7, 11) is 5.62. The van der Waals surface area contributed by atoms with E-state index in [2.05, 4.69) is 44.1 Å². The summed E-state index contributed by atoms with van der Waals surface area (Å²) in [6.45, 7) is 4.18. The van der Waals surface area contributed by atoms with Crippen LogP contribution in [0.1, 0.15) is 47.6 Å². The Bertz CT molecular complexity index is 1210. The molecule has 12 nitrogen and oxygen atoms in total. The second-order valence-corrected chi connectivity index (χ2v) is 10.9. The lowest BCUT2D eigenvalue weighted by molar-refractivity contribution is -0.384. The Morgan fingerprint density at radius 2 is 1.88 bits per heavy atom. The molecule has 1 aromatic carbocycles. The van der Waals surface area contributed by atoms with Crippen molar-refractivity contribution in [3.8, 4) is 0 Å². The Morgan fingerprint density at radius 1 is 1.18 bits per heavy atom. The monoisotopic (exact) mass is 572 g/mol. The molecule has 216 valence electrons. The molecule has 1 N–H and O–H groups in total. The van der Waals surface area contributed by atoms with E-state index in [0.29, 0.717) is 24.1 Å². The fraction of sp³-hybridized carbons (Fsp3) is 0.556. The highest BCUT2D eigenvalue weighted by atomic mass is 35.5. The van der Waals surface area contributed by atoms with Crippen molar-refractivity contribution >= 4 is 35.1 Å². The van der Waals surface area contributed by atoms with E-state index in [1.165, 1.54) is 24.1 Å². The molecule has 2 aromatic rings. The Kier molecular flexibility index (Phi) is 9.88.